The zero-order chi connectivity index (χ0) is 11.4. The van der Waals surface area contributed by atoms with Crippen molar-refractivity contribution in [3.05, 3.63) is 29.3 Å². The molecule has 0 spiro atoms. The molecule has 2 rings (SSSR count). The lowest BCUT2D eigenvalue weighted by Gasteiger charge is -2.15. The SMILES string of the molecule is CNCc1ccc(OC)c(C2CCCC2)c1. The Kier molecular flexibility index (Phi) is 3.83. The van der Waals surface area contributed by atoms with Gasteiger partial charge in [0.2, 0.25) is 0 Å². The molecule has 0 heterocycles. The number of hydrogen-bond donors (Lipinski definition) is 1. The minimum Gasteiger partial charge on any atom is -0.496 e. The lowest BCUT2D eigenvalue weighted by atomic mass is 9.95. The molecule has 88 valence electrons. The van der Waals surface area contributed by atoms with Gasteiger partial charge in [-0.3, -0.25) is 0 Å². The zero-order valence-corrected chi connectivity index (χ0v) is 10.3. The van der Waals surface area contributed by atoms with Crippen molar-refractivity contribution >= 4 is 0 Å². The van der Waals surface area contributed by atoms with E-state index in [4.69, 9.17) is 4.74 Å². The van der Waals surface area contributed by atoms with Crippen LogP contribution in [-0.4, -0.2) is 14.2 Å². The second-order valence-corrected chi connectivity index (χ2v) is 4.59. The summed E-state index contributed by atoms with van der Waals surface area (Å²) in [6.07, 6.45) is 5.37. The maximum absolute atomic E-state index is 5.47. The third-order valence-electron chi connectivity index (χ3n) is 3.47. The molecule has 2 nitrogen and oxygen atoms in total. The molecule has 0 aliphatic heterocycles. The van der Waals surface area contributed by atoms with E-state index in [9.17, 15) is 0 Å². The first-order valence-electron chi connectivity index (χ1n) is 6.16. The summed E-state index contributed by atoms with van der Waals surface area (Å²) < 4.78 is 5.47. The molecular formula is C14H21NO. The maximum Gasteiger partial charge on any atom is 0.122 e. The Hall–Kier alpha value is -1.02. The number of ether oxygens (including phenoxy) is 1. The monoisotopic (exact) mass is 219 g/mol. The van der Waals surface area contributed by atoms with Crippen LogP contribution in [0, 0.1) is 0 Å². The van der Waals surface area contributed by atoms with E-state index in [0.717, 1.165) is 12.3 Å². The zero-order valence-electron chi connectivity index (χ0n) is 10.3. The summed E-state index contributed by atoms with van der Waals surface area (Å²) >= 11 is 0. The number of rotatable bonds is 4. The van der Waals surface area contributed by atoms with Crippen molar-refractivity contribution in [1.29, 1.82) is 0 Å². The van der Waals surface area contributed by atoms with E-state index in [1.165, 1.54) is 36.8 Å². The minimum absolute atomic E-state index is 0.715. The van der Waals surface area contributed by atoms with Crippen LogP contribution < -0.4 is 10.1 Å². The van der Waals surface area contributed by atoms with Crippen LogP contribution in [0.25, 0.3) is 0 Å². The highest BCUT2D eigenvalue weighted by atomic mass is 16.5. The molecule has 2 heteroatoms. The lowest BCUT2D eigenvalue weighted by Crippen LogP contribution is -2.06. The van der Waals surface area contributed by atoms with Crippen LogP contribution in [0.5, 0.6) is 5.75 Å². The van der Waals surface area contributed by atoms with Gasteiger partial charge in [0, 0.05) is 6.54 Å². The van der Waals surface area contributed by atoms with E-state index in [0.29, 0.717) is 5.92 Å². The van der Waals surface area contributed by atoms with Crippen LogP contribution in [-0.2, 0) is 6.54 Å². The number of nitrogens with one attached hydrogen (secondary N) is 1. The number of hydrogen-bond acceptors (Lipinski definition) is 2. The van der Waals surface area contributed by atoms with Gasteiger partial charge in [0.1, 0.15) is 5.75 Å². The van der Waals surface area contributed by atoms with Crippen LogP contribution in [0.15, 0.2) is 18.2 Å². The molecule has 0 saturated heterocycles. The van der Waals surface area contributed by atoms with Crippen LogP contribution in [0.3, 0.4) is 0 Å². The first-order chi connectivity index (χ1) is 7.85. The summed E-state index contributed by atoms with van der Waals surface area (Å²) in [5.74, 6) is 1.78. The van der Waals surface area contributed by atoms with E-state index in [2.05, 4.69) is 23.5 Å². The average molecular weight is 219 g/mol. The second kappa shape index (κ2) is 5.35. The fourth-order valence-electron chi connectivity index (χ4n) is 2.65. The van der Waals surface area contributed by atoms with Gasteiger partial charge in [0.25, 0.3) is 0 Å². The Labute approximate surface area is 98.0 Å². The van der Waals surface area contributed by atoms with Crippen molar-refractivity contribution in [2.45, 2.75) is 38.1 Å². The maximum atomic E-state index is 5.47. The lowest BCUT2D eigenvalue weighted by molar-refractivity contribution is 0.405. The van der Waals surface area contributed by atoms with Gasteiger partial charge in [-0.15, -0.1) is 0 Å². The van der Waals surface area contributed by atoms with Gasteiger partial charge in [-0.1, -0.05) is 25.0 Å². The molecule has 1 aromatic carbocycles. The molecule has 0 amide bonds. The van der Waals surface area contributed by atoms with Crippen LogP contribution >= 0.6 is 0 Å². The van der Waals surface area contributed by atoms with Gasteiger partial charge in [-0.05, 0) is 43.0 Å². The topological polar surface area (TPSA) is 21.3 Å². The Morgan fingerprint density at radius 2 is 2.06 bits per heavy atom. The van der Waals surface area contributed by atoms with E-state index >= 15 is 0 Å². The first-order valence-corrected chi connectivity index (χ1v) is 6.16. The van der Waals surface area contributed by atoms with Gasteiger partial charge < -0.3 is 10.1 Å². The Morgan fingerprint density at radius 3 is 2.69 bits per heavy atom. The minimum atomic E-state index is 0.715. The van der Waals surface area contributed by atoms with Gasteiger partial charge in [0.15, 0.2) is 0 Å². The van der Waals surface area contributed by atoms with Gasteiger partial charge in [-0.25, -0.2) is 0 Å². The van der Waals surface area contributed by atoms with Crippen molar-refractivity contribution < 1.29 is 4.74 Å². The van der Waals surface area contributed by atoms with E-state index < -0.39 is 0 Å². The molecule has 1 aromatic rings. The largest absolute Gasteiger partial charge is 0.496 e. The van der Waals surface area contributed by atoms with E-state index in [-0.39, 0.29) is 0 Å². The Balaban J connectivity index is 2.27. The van der Waals surface area contributed by atoms with Crippen LogP contribution in [0.1, 0.15) is 42.7 Å². The predicted octanol–water partition coefficient (Wildman–Crippen LogP) is 3.07. The number of methoxy groups -OCH3 is 1. The normalized spacial score (nSPS) is 16.6. The fourth-order valence-corrected chi connectivity index (χ4v) is 2.65. The molecule has 1 aliphatic carbocycles. The third-order valence-corrected chi connectivity index (χ3v) is 3.47. The highest BCUT2D eigenvalue weighted by molar-refractivity contribution is 5.40. The van der Waals surface area contributed by atoms with Crippen LogP contribution in [0.4, 0.5) is 0 Å². The summed E-state index contributed by atoms with van der Waals surface area (Å²) in [4.78, 5) is 0. The van der Waals surface area contributed by atoms with Crippen molar-refractivity contribution in [2.75, 3.05) is 14.2 Å². The number of benzene rings is 1. The van der Waals surface area contributed by atoms with E-state index in [1.54, 1.807) is 7.11 Å². The summed E-state index contributed by atoms with van der Waals surface area (Å²) in [5, 5.41) is 3.20. The standard InChI is InChI=1S/C14H21NO/c1-15-10-11-7-8-14(16-2)13(9-11)12-5-3-4-6-12/h7-9,12,15H,3-6,10H2,1-2H3. The summed E-state index contributed by atoms with van der Waals surface area (Å²) in [7, 11) is 3.75. The Morgan fingerprint density at radius 1 is 1.31 bits per heavy atom. The molecule has 0 bridgehead atoms. The molecule has 0 unspecified atom stereocenters. The average Bonchev–Trinajstić information content (AvgIpc) is 2.83. The van der Waals surface area contributed by atoms with Gasteiger partial charge in [0.05, 0.1) is 7.11 Å². The molecule has 1 saturated carbocycles. The molecule has 1 N–H and O–H groups in total. The van der Waals surface area contributed by atoms with Crippen molar-refractivity contribution in [3.63, 3.8) is 0 Å². The van der Waals surface area contributed by atoms with Gasteiger partial charge >= 0.3 is 0 Å². The van der Waals surface area contributed by atoms with Crippen molar-refractivity contribution in [3.8, 4) is 5.75 Å². The first kappa shape index (κ1) is 11.5. The second-order valence-electron chi connectivity index (χ2n) is 4.59. The predicted molar refractivity (Wildman–Crippen MR) is 67.0 cm³/mol. The quantitative estimate of drug-likeness (QED) is 0.840. The third kappa shape index (κ3) is 2.38. The molecule has 1 aliphatic rings. The molecule has 0 atom stereocenters. The van der Waals surface area contributed by atoms with E-state index in [1.807, 2.05) is 7.05 Å². The molecule has 0 radical (unpaired) electrons. The highest BCUT2D eigenvalue weighted by Crippen LogP contribution is 2.39. The van der Waals surface area contributed by atoms with Crippen LogP contribution in [0.2, 0.25) is 0 Å². The smallest absolute Gasteiger partial charge is 0.122 e. The van der Waals surface area contributed by atoms with Crippen molar-refractivity contribution in [2.24, 2.45) is 0 Å². The molecule has 1 fully saturated rings. The summed E-state index contributed by atoms with van der Waals surface area (Å²) in [6.45, 7) is 0.934. The Bertz CT molecular complexity index is 343. The fraction of sp³-hybridized carbons (Fsp3) is 0.571. The summed E-state index contributed by atoms with van der Waals surface area (Å²) in [5.41, 5.74) is 2.76. The molecular weight excluding hydrogens is 198 g/mol. The highest BCUT2D eigenvalue weighted by Gasteiger charge is 2.20. The van der Waals surface area contributed by atoms with Gasteiger partial charge in [-0.2, -0.15) is 0 Å². The molecule has 0 aromatic heterocycles. The van der Waals surface area contributed by atoms with Crippen molar-refractivity contribution in [1.82, 2.24) is 5.32 Å². The summed E-state index contributed by atoms with van der Waals surface area (Å²) in [6, 6.07) is 6.57. The molecule has 16 heavy (non-hydrogen) atoms.